The summed E-state index contributed by atoms with van der Waals surface area (Å²) in [6.07, 6.45) is 1.83. The Morgan fingerprint density at radius 2 is 1.93 bits per heavy atom. The van der Waals surface area contributed by atoms with Crippen LogP contribution < -0.4 is 10.1 Å². The zero-order chi connectivity index (χ0) is 21.2. The first-order valence-electron chi connectivity index (χ1n) is 9.60. The first kappa shape index (κ1) is 22.7. The van der Waals surface area contributed by atoms with Gasteiger partial charge in [-0.2, -0.15) is 0 Å². The molecule has 1 N–H and O–H groups in total. The molecule has 0 bridgehead atoms. The molecule has 2 amide bonds. The number of hydrogen-bond donors (Lipinski definition) is 1. The van der Waals surface area contributed by atoms with Gasteiger partial charge in [-0.25, -0.2) is 4.39 Å². The molecule has 5 nitrogen and oxygen atoms in total. The van der Waals surface area contributed by atoms with Crippen molar-refractivity contribution in [2.75, 3.05) is 13.2 Å². The molecule has 7 heteroatoms. The summed E-state index contributed by atoms with van der Waals surface area (Å²) < 4.78 is 18.5. The predicted molar refractivity (Wildman–Crippen MR) is 111 cm³/mol. The summed E-state index contributed by atoms with van der Waals surface area (Å²) >= 11 is 6.05. The molecule has 0 spiro atoms. The number of amides is 2. The largest absolute Gasteiger partial charge is 0.484 e. The Hall–Kier alpha value is -2.60. The third-order valence-corrected chi connectivity index (χ3v) is 4.65. The van der Waals surface area contributed by atoms with E-state index in [1.165, 1.54) is 29.2 Å². The number of nitrogens with zero attached hydrogens (tertiary/aromatic N) is 1. The summed E-state index contributed by atoms with van der Waals surface area (Å²) in [5, 5.41) is 3.41. The van der Waals surface area contributed by atoms with Crippen molar-refractivity contribution in [1.29, 1.82) is 0 Å². The molecule has 156 valence electrons. The molecule has 29 heavy (non-hydrogen) atoms. The van der Waals surface area contributed by atoms with E-state index in [9.17, 15) is 14.0 Å². The van der Waals surface area contributed by atoms with Gasteiger partial charge in [0.15, 0.2) is 6.61 Å². The van der Waals surface area contributed by atoms with E-state index in [1.54, 1.807) is 25.1 Å². The smallest absolute Gasteiger partial charge is 0.261 e. The second-order valence-corrected chi connectivity index (χ2v) is 7.15. The van der Waals surface area contributed by atoms with Gasteiger partial charge in [-0.3, -0.25) is 9.59 Å². The van der Waals surface area contributed by atoms with E-state index in [0.29, 0.717) is 17.3 Å². The second-order valence-electron chi connectivity index (χ2n) is 6.71. The number of nitrogens with one attached hydrogen (secondary N) is 1. The molecule has 1 atom stereocenters. The lowest BCUT2D eigenvalue weighted by molar-refractivity contribution is -0.142. The van der Waals surface area contributed by atoms with Crippen LogP contribution in [0, 0.1) is 5.82 Å². The number of carbonyl (C=O) groups is 2. The van der Waals surface area contributed by atoms with Crippen LogP contribution in [0.25, 0.3) is 0 Å². The zero-order valence-corrected chi connectivity index (χ0v) is 17.4. The first-order valence-corrected chi connectivity index (χ1v) is 9.98. The quantitative estimate of drug-likeness (QED) is 0.586. The number of carbonyl (C=O) groups excluding carboxylic acids is 2. The Morgan fingerprint density at radius 1 is 1.21 bits per heavy atom. The molecule has 2 aromatic rings. The van der Waals surface area contributed by atoms with E-state index in [-0.39, 0.29) is 30.8 Å². The number of hydrogen-bond acceptors (Lipinski definition) is 3. The summed E-state index contributed by atoms with van der Waals surface area (Å²) in [6, 6.07) is 11.9. The van der Waals surface area contributed by atoms with Crippen LogP contribution in [-0.4, -0.2) is 35.9 Å². The van der Waals surface area contributed by atoms with Crippen molar-refractivity contribution in [1.82, 2.24) is 10.2 Å². The molecule has 0 radical (unpaired) electrons. The van der Waals surface area contributed by atoms with Gasteiger partial charge in [0.2, 0.25) is 5.91 Å². The third kappa shape index (κ3) is 7.38. The van der Waals surface area contributed by atoms with Gasteiger partial charge < -0.3 is 15.0 Å². The minimum Gasteiger partial charge on any atom is -0.484 e. The summed E-state index contributed by atoms with van der Waals surface area (Å²) in [6.45, 7) is 4.23. The van der Waals surface area contributed by atoms with E-state index >= 15 is 0 Å². The van der Waals surface area contributed by atoms with Crippen LogP contribution in [0.5, 0.6) is 5.75 Å². The van der Waals surface area contributed by atoms with Gasteiger partial charge in [-0.1, -0.05) is 37.1 Å². The normalized spacial score (nSPS) is 11.6. The van der Waals surface area contributed by atoms with Gasteiger partial charge in [0, 0.05) is 18.1 Å². The Morgan fingerprint density at radius 3 is 2.59 bits per heavy atom. The van der Waals surface area contributed by atoms with Gasteiger partial charge in [-0.05, 0) is 55.3 Å². The Labute approximate surface area is 175 Å². The molecule has 0 saturated heterocycles. The maximum Gasteiger partial charge on any atom is 0.261 e. The second kappa shape index (κ2) is 11.4. The highest BCUT2D eigenvalue weighted by Crippen LogP contribution is 2.16. The number of ether oxygens (including phenoxy) is 1. The van der Waals surface area contributed by atoms with E-state index in [1.807, 2.05) is 13.0 Å². The molecule has 0 fully saturated rings. The van der Waals surface area contributed by atoms with Gasteiger partial charge in [0.1, 0.15) is 17.6 Å². The van der Waals surface area contributed by atoms with Gasteiger partial charge >= 0.3 is 0 Å². The predicted octanol–water partition coefficient (Wildman–Crippen LogP) is 4.19. The molecule has 2 rings (SSSR count). The number of benzene rings is 2. The Kier molecular flexibility index (Phi) is 8.93. The van der Waals surface area contributed by atoms with E-state index in [4.69, 9.17) is 16.3 Å². The molecule has 0 heterocycles. The molecule has 0 aliphatic rings. The number of unbranched alkanes of at least 4 members (excludes halogenated alkanes) is 1. The SMILES string of the molecule is CCCCNC(=O)[C@H](C)N(Cc1cccc(Cl)c1)C(=O)COc1ccc(F)cc1. The monoisotopic (exact) mass is 420 g/mol. The lowest BCUT2D eigenvalue weighted by atomic mass is 10.1. The molecule has 0 unspecified atom stereocenters. The van der Waals surface area contributed by atoms with Crippen molar-refractivity contribution in [3.63, 3.8) is 0 Å². The molecular weight excluding hydrogens is 395 g/mol. The van der Waals surface area contributed by atoms with Gasteiger partial charge in [-0.15, -0.1) is 0 Å². The van der Waals surface area contributed by atoms with Crippen molar-refractivity contribution >= 4 is 23.4 Å². The van der Waals surface area contributed by atoms with Crippen molar-refractivity contribution in [3.05, 3.63) is 64.9 Å². The van der Waals surface area contributed by atoms with Crippen molar-refractivity contribution in [3.8, 4) is 5.75 Å². The maximum atomic E-state index is 13.0. The molecule has 2 aromatic carbocycles. The van der Waals surface area contributed by atoms with Crippen molar-refractivity contribution < 1.29 is 18.7 Å². The average molecular weight is 421 g/mol. The average Bonchev–Trinajstić information content (AvgIpc) is 2.71. The first-order chi connectivity index (χ1) is 13.9. The zero-order valence-electron chi connectivity index (χ0n) is 16.7. The van der Waals surface area contributed by atoms with Crippen LogP contribution in [0.2, 0.25) is 5.02 Å². The fourth-order valence-electron chi connectivity index (χ4n) is 2.71. The van der Waals surface area contributed by atoms with E-state index < -0.39 is 6.04 Å². The Bertz CT molecular complexity index is 814. The van der Waals surface area contributed by atoms with Gasteiger partial charge in [0.05, 0.1) is 0 Å². The lowest BCUT2D eigenvalue weighted by Gasteiger charge is -2.28. The summed E-state index contributed by atoms with van der Waals surface area (Å²) in [7, 11) is 0. The maximum absolute atomic E-state index is 13.0. The number of rotatable bonds is 10. The fourth-order valence-corrected chi connectivity index (χ4v) is 2.92. The van der Waals surface area contributed by atoms with Crippen LogP contribution >= 0.6 is 11.6 Å². The molecule has 0 aliphatic heterocycles. The van der Waals surface area contributed by atoms with Gasteiger partial charge in [0.25, 0.3) is 5.91 Å². The molecule has 0 aliphatic carbocycles. The van der Waals surface area contributed by atoms with Crippen LogP contribution in [0.4, 0.5) is 4.39 Å². The van der Waals surface area contributed by atoms with Crippen molar-refractivity contribution in [2.45, 2.75) is 39.3 Å². The van der Waals surface area contributed by atoms with E-state index in [0.717, 1.165) is 18.4 Å². The minimum absolute atomic E-state index is 0.217. The highest BCUT2D eigenvalue weighted by Gasteiger charge is 2.26. The lowest BCUT2D eigenvalue weighted by Crippen LogP contribution is -2.49. The Balaban J connectivity index is 2.10. The summed E-state index contributed by atoms with van der Waals surface area (Å²) in [5.41, 5.74) is 0.806. The summed E-state index contributed by atoms with van der Waals surface area (Å²) in [5.74, 6) is -0.589. The highest BCUT2D eigenvalue weighted by molar-refractivity contribution is 6.30. The molecular formula is C22H26ClFN2O3. The van der Waals surface area contributed by atoms with Crippen LogP contribution in [0.1, 0.15) is 32.3 Å². The summed E-state index contributed by atoms with van der Waals surface area (Å²) in [4.78, 5) is 26.8. The standard InChI is InChI=1S/C22H26ClFN2O3/c1-3-4-12-25-22(28)16(2)26(14-17-6-5-7-18(23)13-17)21(27)15-29-20-10-8-19(24)9-11-20/h5-11,13,16H,3-4,12,14-15H2,1-2H3,(H,25,28)/t16-/m0/s1. The molecule has 0 aromatic heterocycles. The molecule has 0 saturated carbocycles. The van der Waals surface area contributed by atoms with Crippen LogP contribution in [0.3, 0.4) is 0 Å². The number of halogens is 2. The third-order valence-electron chi connectivity index (χ3n) is 4.41. The van der Waals surface area contributed by atoms with Crippen LogP contribution in [0.15, 0.2) is 48.5 Å². The van der Waals surface area contributed by atoms with E-state index in [2.05, 4.69) is 5.32 Å². The highest BCUT2D eigenvalue weighted by atomic mass is 35.5. The topological polar surface area (TPSA) is 58.6 Å². The minimum atomic E-state index is -0.685. The van der Waals surface area contributed by atoms with Crippen LogP contribution in [-0.2, 0) is 16.1 Å². The fraction of sp³-hybridized carbons (Fsp3) is 0.364. The van der Waals surface area contributed by atoms with Crippen molar-refractivity contribution in [2.24, 2.45) is 0 Å².